The fourth-order valence-corrected chi connectivity index (χ4v) is 2.37. The molecule has 1 aromatic heterocycles. The molecule has 2 heterocycles. The van der Waals surface area contributed by atoms with Crippen LogP contribution in [0.1, 0.15) is 12.8 Å². The fourth-order valence-electron chi connectivity index (χ4n) is 1.42. The fraction of sp³-hybridized carbons (Fsp3) is 0.857. The number of aryl methyl sites for hydroxylation is 1. The van der Waals surface area contributed by atoms with E-state index in [2.05, 4.69) is 20.8 Å². The summed E-state index contributed by atoms with van der Waals surface area (Å²) in [7, 11) is 1.87. The molecule has 1 fully saturated rings. The maximum atomic E-state index is 3.91. The van der Waals surface area contributed by atoms with E-state index < -0.39 is 0 Å². The van der Waals surface area contributed by atoms with Gasteiger partial charge in [-0.15, -0.1) is 5.10 Å². The molecule has 1 atom stereocenters. The Kier molecular flexibility index (Phi) is 2.80. The molecule has 1 saturated heterocycles. The van der Waals surface area contributed by atoms with E-state index in [1.165, 1.54) is 12.8 Å². The van der Waals surface area contributed by atoms with Crippen LogP contribution in [0.2, 0.25) is 0 Å². The largest absolute Gasteiger partial charge is 0.313 e. The molecule has 13 heavy (non-hydrogen) atoms. The van der Waals surface area contributed by atoms with E-state index in [1.807, 2.05) is 7.05 Å². The van der Waals surface area contributed by atoms with E-state index in [1.54, 1.807) is 16.4 Å². The number of hydrogen-bond acceptors (Lipinski definition) is 5. The van der Waals surface area contributed by atoms with Crippen LogP contribution in [-0.4, -0.2) is 38.5 Å². The first-order valence-electron chi connectivity index (χ1n) is 4.45. The molecular formula is C7H13N5S. The van der Waals surface area contributed by atoms with Crippen molar-refractivity contribution in [1.82, 2.24) is 25.5 Å². The number of rotatable bonds is 3. The molecule has 1 aliphatic rings. The van der Waals surface area contributed by atoms with E-state index in [9.17, 15) is 0 Å². The van der Waals surface area contributed by atoms with Crippen LogP contribution in [-0.2, 0) is 7.05 Å². The highest BCUT2D eigenvalue weighted by Crippen LogP contribution is 2.17. The van der Waals surface area contributed by atoms with Gasteiger partial charge in [0.25, 0.3) is 0 Å². The van der Waals surface area contributed by atoms with Crippen molar-refractivity contribution in [2.45, 2.75) is 24.0 Å². The average Bonchev–Trinajstić information content (AvgIpc) is 2.72. The zero-order chi connectivity index (χ0) is 9.10. The van der Waals surface area contributed by atoms with Crippen LogP contribution >= 0.6 is 11.8 Å². The van der Waals surface area contributed by atoms with E-state index in [-0.39, 0.29) is 0 Å². The second kappa shape index (κ2) is 4.06. The Balaban J connectivity index is 1.82. The summed E-state index contributed by atoms with van der Waals surface area (Å²) < 4.78 is 1.71. The maximum absolute atomic E-state index is 3.91. The summed E-state index contributed by atoms with van der Waals surface area (Å²) in [4.78, 5) is 0. The Morgan fingerprint density at radius 3 is 3.23 bits per heavy atom. The lowest BCUT2D eigenvalue weighted by atomic mass is 10.3. The van der Waals surface area contributed by atoms with Crippen LogP contribution in [0.25, 0.3) is 0 Å². The minimum atomic E-state index is 0.640. The van der Waals surface area contributed by atoms with Crippen LogP contribution in [0.4, 0.5) is 0 Å². The third-order valence-corrected chi connectivity index (χ3v) is 3.33. The van der Waals surface area contributed by atoms with Gasteiger partial charge in [0.1, 0.15) is 0 Å². The monoisotopic (exact) mass is 199 g/mol. The summed E-state index contributed by atoms with van der Waals surface area (Å²) in [5.74, 6) is 1.06. The maximum Gasteiger partial charge on any atom is 0.209 e. The summed E-state index contributed by atoms with van der Waals surface area (Å²) in [6.07, 6.45) is 2.57. The zero-order valence-corrected chi connectivity index (χ0v) is 8.42. The van der Waals surface area contributed by atoms with Gasteiger partial charge in [0.15, 0.2) is 0 Å². The van der Waals surface area contributed by atoms with Crippen LogP contribution in [0, 0.1) is 0 Å². The topological polar surface area (TPSA) is 55.6 Å². The number of aromatic nitrogens is 4. The van der Waals surface area contributed by atoms with Gasteiger partial charge in [0.2, 0.25) is 5.16 Å². The second-order valence-electron chi connectivity index (χ2n) is 3.19. The SMILES string of the molecule is Cn1nnnc1SC[C@H]1CCCN1. The molecule has 72 valence electrons. The van der Waals surface area contributed by atoms with Crippen LogP contribution in [0.3, 0.4) is 0 Å². The number of nitrogens with zero attached hydrogens (tertiary/aromatic N) is 4. The number of nitrogens with one attached hydrogen (secondary N) is 1. The van der Waals surface area contributed by atoms with Crippen molar-refractivity contribution in [3.63, 3.8) is 0 Å². The van der Waals surface area contributed by atoms with Gasteiger partial charge in [-0.25, -0.2) is 4.68 Å². The van der Waals surface area contributed by atoms with Crippen LogP contribution in [0.15, 0.2) is 5.16 Å². The Labute approximate surface area is 81.3 Å². The highest BCUT2D eigenvalue weighted by Gasteiger charge is 2.15. The standard InChI is InChI=1S/C7H13N5S/c1-12-7(9-10-11-12)13-5-6-3-2-4-8-6/h6,8H,2-5H2,1H3/t6-/m1/s1. The Morgan fingerprint density at radius 2 is 2.62 bits per heavy atom. The molecule has 0 unspecified atom stereocenters. The molecule has 2 rings (SSSR count). The minimum absolute atomic E-state index is 0.640. The van der Waals surface area contributed by atoms with Crippen LogP contribution in [0.5, 0.6) is 0 Å². The summed E-state index contributed by atoms with van der Waals surface area (Å²) in [6.45, 7) is 1.16. The Bertz CT molecular complexity index is 268. The van der Waals surface area contributed by atoms with Crippen molar-refractivity contribution < 1.29 is 0 Å². The lowest BCUT2D eigenvalue weighted by molar-refractivity contribution is 0.654. The van der Waals surface area contributed by atoms with Gasteiger partial charge in [0.05, 0.1) is 0 Å². The number of hydrogen-bond donors (Lipinski definition) is 1. The molecule has 0 bridgehead atoms. The molecule has 1 N–H and O–H groups in total. The van der Waals surface area contributed by atoms with Gasteiger partial charge < -0.3 is 5.32 Å². The second-order valence-corrected chi connectivity index (χ2v) is 4.18. The summed E-state index contributed by atoms with van der Waals surface area (Å²) in [5.41, 5.74) is 0. The lowest BCUT2D eigenvalue weighted by Crippen LogP contribution is -2.23. The molecule has 1 aromatic rings. The van der Waals surface area contributed by atoms with Gasteiger partial charge in [-0.2, -0.15) is 0 Å². The van der Waals surface area contributed by atoms with Gasteiger partial charge in [-0.05, 0) is 29.8 Å². The number of thioether (sulfide) groups is 1. The molecule has 0 spiro atoms. The first-order valence-corrected chi connectivity index (χ1v) is 5.43. The van der Waals surface area contributed by atoms with Gasteiger partial charge >= 0.3 is 0 Å². The molecule has 0 aliphatic carbocycles. The highest BCUT2D eigenvalue weighted by atomic mass is 32.2. The highest BCUT2D eigenvalue weighted by molar-refractivity contribution is 7.99. The molecule has 5 nitrogen and oxygen atoms in total. The summed E-state index contributed by atoms with van der Waals surface area (Å²) in [6, 6.07) is 0.640. The molecule has 6 heteroatoms. The average molecular weight is 199 g/mol. The first-order chi connectivity index (χ1) is 6.36. The van der Waals surface area contributed by atoms with E-state index in [4.69, 9.17) is 0 Å². The smallest absolute Gasteiger partial charge is 0.209 e. The van der Waals surface area contributed by atoms with Gasteiger partial charge in [0, 0.05) is 18.8 Å². The molecule has 0 radical (unpaired) electrons. The summed E-state index contributed by atoms with van der Waals surface area (Å²) >= 11 is 1.72. The lowest BCUT2D eigenvalue weighted by Gasteiger charge is -2.07. The molecule has 1 aliphatic heterocycles. The Hall–Kier alpha value is -0.620. The minimum Gasteiger partial charge on any atom is -0.313 e. The van der Waals surface area contributed by atoms with Crippen molar-refractivity contribution in [3.8, 4) is 0 Å². The van der Waals surface area contributed by atoms with Crippen molar-refractivity contribution in [1.29, 1.82) is 0 Å². The number of tetrazole rings is 1. The third-order valence-electron chi connectivity index (χ3n) is 2.16. The normalized spacial score (nSPS) is 22.4. The van der Waals surface area contributed by atoms with E-state index in [0.717, 1.165) is 17.5 Å². The first kappa shape index (κ1) is 8.96. The third kappa shape index (κ3) is 2.19. The summed E-state index contributed by atoms with van der Waals surface area (Å²) in [5, 5.41) is 15.6. The zero-order valence-electron chi connectivity index (χ0n) is 7.60. The van der Waals surface area contributed by atoms with Gasteiger partial charge in [-0.1, -0.05) is 11.8 Å². The molecule has 0 saturated carbocycles. The molecule has 0 amide bonds. The van der Waals surface area contributed by atoms with E-state index >= 15 is 0 Å². The van der Waals surface area contributed by atoms with Crippen molar-refractivity contribution in [2.75, 3.05) is 12.3 Å². The predicted molar refractivity (Wildman–Crippen MR) is 50.5 cm³/mol. The quantitative estimate of drug-likeness (QED) is 0.697. The van der Waals surface area contributed by atoms with E-state index in [0.29, 0.717) is 6.04 Å². The Morgan fingerprint density at radius 1 is 1.69 bits per heavy atom. The van der Waals surface area contributed by atoms with Crippen molar-refractivity contribution >= 4 is 11.8 Å². The molecule has 0 aromatic carbocycles. The molecular weight excluding hydrogens is 186 g/mol. The van der Waals surface area contributed by atoms with Crippen molar-refractivity contribution in [3.05, 3.63) is 0 Å². The van der Waals surface area contributed by atoms with Gasteiger partial charge in [-0.3, -0.25) is 0 Å². The van der Waals surface area contributed by atoms with Crippen LogP contribution < -0.4 is 5.32 Å². The predicted octanol–water partition coefficient (Wildman–Crippen LogP) is 0.0542. The van der Waals surface area contributed by atoms with Crippen molar-refractivity contribution in [2.24, 2.45) is 7.05 Å².